The van der Waals surface area contributed by atoms with E-state index in [0.717, 1.165) is 24.0 Å². The maximum absolute atomic E-state index is 9.13. The second-order valence-corrected chi connectivity index (χ2v) is 11.0. The average Bonchev–Trinajstić information content (AvgIpc) is 2.73. The first-order chi connectivity index (χ1) is 15.0. The molecular weight excluding hydrogens is 396 g/mol. The van der Waals surface area contributed by atoms with Gasteiger partial charge in [-0.05, 0) is 46.9 Å². The Morgan fingerprint density at radius 3 is 1.44 bits per heavy atom. The number of ether oxygens (including phenoxy) is 2. The molecule has 2 aromatic rings. The van der Waals surface area contributed by atoms with Crippen LogP contribution in [-0.4, -0.2) is 0 Å². The molecule has 4 heteroatoms. The van der Waals surface area contributed by atoms with Crippen molar-refractivity contribution in [3.05, 3.63) is 58.7 Å². The van der Waals surface area contributed by atoms with Gasteiger partial charge in [-0.25, -0.2) is 0 Å². The fourth-order valence-corrected chi connectivity index (χ4v) is 5.00. The lowest BCUT2D eigenvalue weighted by Gasteiger charge is -2.40. The third-order valence-corrected chi connectivity index (χ3v) is 6.70. The molecule has 0 unspecified atom stereocenters. The molecule has 2 aromatic carbocycles. The van der Waals surface area contributed by atoms with Crippen molar-refractivity contribution in [1.29, 1.82) is 10.5 Å². The van der Waals surface area contributed by atoms with Crippen molar-refractivity contribution in [2.45, 2.75) is 89.9 Å². The smallest absolute Gasteiger partial charge is 0.292 e. The van der Waals surface area contributed by atoms with Crippen LogP contribution in [0.1, 0.15) is 95.9 Å². The Labute approximate surface area is 192 Å². The lowest BCUT2D eigenvalue weighted by Crippen LogP contribution is -2.31. The minimum absolute atomic E-state index is 0.116. The van der Waals surface area contributed by atoms with Crippen LogP contribution in [0, 0.1) is 23.0 Å². The minimum Gasteiger partial charge on any atom is -0.388 e. The van der Waals surface area contributed by atoms with E-state index in [-0.39, 0.29) is 16.2 Å². The van der Waals surface area contributed by atoms with Crippen LogP contribution in [0.3, 0.4) is 0 Å². The molecule has 0 bridgehead atoms. The Kier molecular flexibility index (Phi) is 6.56. The van der Waals surface area contributed by atoms with Gasteiger partial charge in [0, 0.05) is 16.5 Å². The van der Waals surface area contributed by atoms with E-state index in [4.69, 9.17) is 20.0 Å². The molecule has 0 heterocycles. The van der Waals surface area contributed by atoms with E-state index in [1.165, 1.54) is 30.4 Å². The monoisotopic (exact) mass is 430 g/mol. The first-order valence-corrected chi connectivity index (χ1v) is 11.4. The first-order valence-electron chi connectivity index (χ1n) is 11.4. The molecule has 0 N–H and O–H groups in total. The van der Waals surface area contributed by atoms with Gasteiger partial charge < -0.3 is 9.47 Å². The molecule has 1 fully saturated rings. The fraction of sp³-hybridized carbons (Fsp3) is 0.500. The summed E-state index contributed by atoms with van der Waals surface area (Å²) in [6.45, 7) is 12.9. The Morgan fingerprint density at radius 1 is 0.688 bits per heavy atom. The van der Waals surface area contributed by atoms with Crippen LogP contribution in [0.5, 0.6) is 11.5 Å². The van der Waals surface area contributed by atoms with Crippen LogP contribution in [0.2, 0.25) is 0 Å². The largest absolute Gasteiger partial charge is 0.388 e. The Bertz CT molecular complexity index is 973. The molecule has 32 heavy (non-hydrogen) atoms. The highest BCUT2D eigenvalue weighted by atomic mass is 16.5. The number of nitriles is 2. The average molecular weight is 431 g/mol. The molecule has 168 valence electrons. The molecular formula is C28H34N2O2. The van der Waals surface area contributed by atoms with Crippen LogP contribution in [0.15, 0.2) is 36.4 Å². The van der Waals surface area contributed by atoms with Crippen molar-refractivity contribution in [2.24, 2.45) is 0 Å². The van der Waals surface area contributed by atoms with Crippen LogP contribution in [0.4, 0.5) is 0 Å². The van der Waals surface area contributed by atoms with Gasteiger partial charge in [0.2, 0.25) is 0 Å². The normalized spacial score (nSPS) is 16.0. The molecule has 0 atom stereocenters. The zero-order valence-electron chi connectivity index (χ0n) is 20.2. The Balaban J connectivity index is 2.23. The standard InChI is InChI=1S/C28H34N2O2/c1-26(2,3)22-16-20(10-12-24(22)31-18-29)28(14-8-7-9-15-28)21-11-13-25(32-19-30)23(17-21)27(4,5)6/h10-13,16-17H,7-9,14-15H2,1-6H3. The van der Waals surface area contributed by atoms with Crippen molar-refractivity contribution < 1.29 is 9.47 Å². The molecule has 1 saturated carbocycles. The van der Waals surface area contributed by atoms with Gasteiger partial charge >= 0.3 is 0 Å². The predicted molar refractivity (Wildman–Crippen MR) is 127 cm³/mol. The van der Waals surface area contributed by atoms with E-state index in [1.54, 1.807) is 0 Å². The van der Waals surface area contributed by atoms with Crippen LogP contribution >= 0.6 is 0 Å². The van der Waals surface area contributed by atoms with E-state index in [0.29, 0.717) is 11.5 Å². The molecule has 1 aliphatic rings. The van der Waals surface area contributed by atoms with Gasteiger partial charge in [-0.3, -0.25) is 0 Å². The number of hydrogen-bond donors (Lipinski definition) is 0. The van der Waals surface area contributed by atoms with E-state index >= 15 is 0 Å². The molecule has 0 saturated heterocycles. The van der Waals surface area contributed by atoms with Gasteiger partial charge in [-0.2, -0.15) is 0 Å². The summed E-state index contributed by atoms with van der Waals surface area (Å²) in [4.78, 5) is 0. The number of benzene rings is 2. The van der Waals surface area contributed by atoms with Crippen molar-refractivity contribution in [2.75, 3.05) is 0 Å². The van der Waals surface area contributed by atoms with Crippen LogP contribution in [-0.2, 0) is 16.2 Å². The third kappa shape index (κ3) is 4.61. The summed E-state index contributed by atoms with van der Waals surface area (Å²) in [7, 11) is 0. The van der Waals surface area contributed by atoms with E-state index in [2.05, 4.69) is 65.8 Å². The van der Waals surface area contributed by atoms with Crippen molar-refractivity contribution in [1.82, 2.24) is 0 Å². The summed E-state index contributed by atoms with van der Waals surface area (Å²) in [5.41, 5.74) is 4.19. The SMILES string of the molecule is CC(C)(C)c1cc(C2(c3ccc(OC#N)c(C(C)(C)C)c3)CCCCC2)ccc1OC#N. The van der Waals surface area contributed by atoms with Crippen LogP contribution in [0.25, 0.3) is 0 Å². The maximum Gasteiger partial charge on any atom is 0.292 e. The Morgan fingerprint density at radius 2 is 1.09 bits per heavy atom. The summed E-state index contributed by atoms with van der Waals surface area (Å²) >= 11 is 0. The van der Waals surface area contributed by atoms with Gasteiger partial charge in [0.05, 0.1) is 0 Å². The first kappa shape index (κ1) is 23.7. The molecule has 1 aliphatic carbocycles. The fourth-order valence-electron chi connectivity index (χ4n) is 5.00. The van der Waals surface area contributed by atoms with Crippen LogP contribution < -0.4 is 9.47 Å². The highest BCUT2D eigenvalue weighted by molar-refractivity contribution is 5.51. The molecule has 0 aliphatic heterocycles. The highest BCUT2D eigenvalue weighted by Gasteiger charge is 2.38. The van der Waals surface area contributed by atoms with Gasteiger partial charge in [0.1, 0.15) is 11.5 Å². The summed E-state index contributed by atoms with van der Waals surface area (Å²) in [6.07, 6.45) is 9.39. The zero-order valence-corrected chi connectivity index (χ0v) is 20.2. The molecule has 0 radical (unpaired) electrons. The van der Waals surface area contributed by atoms with Gasteiger partial charge in [0.15, 0.2) is 0 Å². The lowest BCUT2D eigenvalue weighted by molar-refractivity contribution is 0.343. The van der Waals surface area contributed by atoms with Crippen molar-refractivity contribution in [3.63, 3.8) is 0 Å². The van der Waals surface area contributed by atoms with Crippen molar-refractivity contribution in [3.8, 4) is 24.0 Å². The highest BCUT2D eigenvalue weighted by Crippen LogP contribution is 2.48. The minimum atomic E-state index is -0.154. The third-order valence-electron chi connectivity index (χ3n) is 6.70. The molecule has 4 nitrogen and oxygen atoms in total. The summed E-state index contributed by atoms with van der Waals surface area (Å²) in [5, 5.41) is 18.3. The van der Waals surface area contributed by atoms with Gasteiger partial charge in [-0.15, -0.1) is 10.5 Å². The topological polar surface area (TPSA) is 66.0 Å². The molecule has 0 aromatic heterocycles. The Hall–Kier alpha value is -2.98. The molecule has 3 rings (SSSR count). The second-order valence-electron chi connectivity index (χ2n) is 11.0. The molecule has 0 amide bonds. The van der Waals surface area contributed by atoms with Gasteiger partial charge in [-0.1, -0.05) is 85.1 Å². The summed E-state index contributed by atoms with van der Waals surface area (Å²) in [5.74, 6) is 1.26. The van der Waals surface area contributed by atoms with E-state index in [1.807, 2.05) is 24.6 Å². The number of rotatable bonds is 4. The summed E-state index contributed by atoms with van der Waals surface area (Å²) in [6, 6.07) is 12.6. The van der Waals surface area contributed by atoms with Gasteiger partial charge in [0.25, 0.3) is 12.5 Å². The maximum atomic E-state index is 9.13. The number of nitrogens with zero attached hydrogens (tertiary/aromatic N) is 2. The zero-order chi connectivity index (χ0) is 23.6. The quantitative estimate of drug-likeness (QED) is 0.479. The predicted octanol–water partition coefficient (Wildman–Crippen LogP) is 7.25. The van der Waals surface area contributed by atoms with E-state index in [9.17, 15) is 0 Å². The van der Waals surface area contributed by atoms with E-state index < -0.39 is 0 Å². The van der Waals surface area contributed by atoms with Crippen molar-refractivity contribution >= 4 is 0 Å². The second kappa shape index (κ2) is 8.87. The summed E-state index contributed by atoms with van der Waals surface area (Å²) < 4.78 is 10.6. The number of hydrogen-bond acceptors (Lipinski definition) is 4. The molecule has 0 spiro atoms. The lowest BCUT2D eigenvalue weighted by atomic mass is 9.64.